The lowest BCUT2D eigenvalue weighted by Crippen LogP contribution is -2.22. The van der Waals surface area contributed by atoms with Crippen molar-refractivity contribution in [3.05, 3.63) is 51.0 Å². The van der Waals surface area contributed by atoms with Gasteiger partial charge in [-0.2, -0.15) is 4.98 Å². The van der Waals surface area contributed by atoms with Crippen molar-refractivity contribution in [2.45, 2.75) is 0 Å². The van der Waals surface area contributed by atoms with Crippen LogP contribution in [0.15, 0.2) is 35.3 Å². The molecule has 0 saturated heterocycles. The second-order valence-corrected chi connectivity index (χ2v) is 3.95. The molecule has 1 heterocycles. The fraction of sp³-hybridized carbons (Fsp3) is 0. The summed E-state index contributed by atoms with van der Waals surface area (Å²) in [6.45, 7) is 0. The summed E-state index contributed by atoms with van der Waals surface area (Å²) in [6, 6.07) is 6.80. The molecular weight excluding hydrogens is 249 g/mol. The highest BCUT2D eigenvalue weighted by Crippen LogP contribution is 2.17. The van der Waals surface area contributed by atoms with Crippen LogP contribution in [0, 0.1) is 0 Å². The Morgan fingerprint density at radius 3 is 2.75 bits per heavy atom. The second-order valence-electron chi connectivity index (χ2n) is 3.11. The molecule has 0 bridgehead atoms. The Bertz CT molecular complexity index is 595. The Kier molecular flexibility index (Phi) is 2.85. The molecule has 0 aliphatic heterocycles. The van der Waals surface area contributed by atoms with Crippen LogP contribution in [0.3, 0.4) is 0 Å². The van der Waals surface area contributed by atoms with E-state index < -0.39 is 5.69 Å². The molecule has 0 radical (unpaired) electrons. The van der Waals surface area contributed by atoms with Gasteiger partial charge in [0, 0.05) is 11.2 Å². The quantitative estimate of drug-likeness (QED) is 0.850. The molecule has 82 valence electrons. The lowest BCUT2D eigenvalue weighted by atomic mass is 10.3. The standard InChI is InChI=1S/C10H7Cl2N3O/c11-6-2-1-3-7(4-6)15-5-8(12)9(13)14-10(15)16/h1-5H,(H2,13,14,16). The van der Waals surface area contributed by atoms with Crippen molar-refractivity contribution < 1.29 is 0 Å². The summed E-state index contributed by atoms with van der Waals surface area (Å²) in [6.07, 6.45) is 1.41. The van der Waals surface area contributed by atoms with E-state index in [0.29, 0.717) is 10.7 Å². The summed E-state index contributed by atoms with van der Waals surface area (Å²) in [4.78, 5) is 15.2. The van der Waals surface area contributed by atoms with Gasteiger partial charge in [-0.05, 0) is 18.2 Å². The molecule has 0 fully saturated rings. The van der Waals surface area contributed by atoms with Gasteiger partial charge in [-0.15, -0.1) is 0 Å². The number of benzene rings is 1. The van der Waals surface area contributed by atoms with Crippen LogP contribution >= 0.6 is 23.2 Å². The summed E-state index contributed by atoms with van der Waals surface area (Å²) >= 11 is 11.6. The van der Waals surface area contributed by atoms with Gasteiger partial charge in [0.05, 0.1) is 10.7 Å². The molecule has 4 nitrogen and oxygen atoms in total. The predicted molar refractivity (Wildman–Crippen MR) is 64.3 cm³/mol. The maximum Gasteiger partial charge on any atom is 0.354 e. The van der Waals surface area contributed by atoms with Crippen molar-refractivity contribution in [1.29, 1.82) is 0 Å². The molecule has 0 unspecified atom stereocenters. The first-order chi connectivity index (χ1) is 7.58. The molecule has 0 saturated carbocycles. The fourth-order valence-electron chi connectivity index (χ4n) is 1.26. The minimum Gasteiger partial charge on any atom is -0.382 e. The number of aromatic nitrogens is 2. The summed E-state index contributed by atoms with van der Waals surface area (Å²) < 4.78 is 1.28. The molecule has 2 rings (SSSR count). The van der Waals surface area contributed by atoms with Crippen LogP contribution in [0.1, 0.15) is 0 Å². The van der Waals surface area contributed by atoms with Crippen LogP contribution in [0.2, 0.25) is 10.0 Å². The molecule has 1 aromatic heterocycles. The monoisotopic (exact) mass is 255 g/mol. The van der Waals surface area contributed by atoms with Gasteiger partial charge in [0.25, 0.3) is 0 Å². The van der Waals surface area contributed by atoms with E-state index in [1.54, 1.807) is 24.3 Å². The average Bonchev–Trinajstić information content (AvgIpc) is 2.23. The van der Waals surface area contributed by atoms with E-state index in [1.807, 2.05) is 0 Å². The SMILES string of the molecule is Nc1nc(=O)n(-c2cccc(Cl)c2)cc1Cl. The maximum absolute atomic E-state index is 11.6. The van der Waals surface area contributed by atoms with Gasteiger partial charge in [0.15, 0.2) is 0 Å². The van der Waals surface area contributed by atoms with Crippen LogP contribution in [0.5, 0.6) is 0 Å². The summed E-state index contributed by atoms with van der Waals surface area (Å²) in [7, 11) is 0. The Balaban J connectivity index is 2.65. The summed E-state index contributed by atoms with van der Waals surface area (Å²) in [5.74, 6) is 0.0185. The average molecular weight is 256 g/mol. The van der Waals surface area contributed by atoms with Crippen LogP contribution in [0.25, 0.3) is 5.69 Å². The number of rotatable bonds is 1. The molecule has 0 atom stereocenters. The number of hydrogen-bond acceptors (Lipinski definition) is 3. The molecular formula is C10H7Cl2N3O. The van der Waals surface area contributed by atoms with Crippen molar-refractivity contribution >= 4 is 29.0 Å². The van der Waals surface area contributed by atoms with Crippen molar-refractivity contribution in [2.75, 3.05) is 5.73 Å². The molecule has 0 amide bonds. The smallest absolute Gasteiger partial charge is 0.354 e. The number of anilines is 1. The number of nitrogens with zero attached hydrogens (tertiary/aromatic N) is 2. The Labute approximate surface area is 101 Å². The number of halogens is 2. The van der Waals surface area contributed by atoms with Gasteiger partial charge in [-0.25, -0.2) is 4.79 Å². The van der Waals surface area contributed by atoms with E-state index in [0.717, 1.165) is 0 Å². The lowest BCUT2D eigenvalue weighted by molar-refractivity contribution is 0.920. The normalized spacial score (nSPS) is 10.4. The first-order valence-corrected chi connectivity index (χ1v) is 5.14. The Hall–Kier alpha value is -1.52. The zero-order valence-electron chi connectivity index (χ0n) is 8.02. The molecule has 2 aromatic rings. The molecule has 1 aromatic carbocycles. The van der Waals surface area contributed by atoms with Gasteiger partial charge in [0.1, 0.15) is 5.82 Å². The molecule has 0 spiro atoms. The zero-order chi connectivity index (χ0) is 11.7. The number of hydrogen-bond donors (Lipinski definition) is 1. The third-order valence-corrected chi connectivity index (χ3v) is 2.52. The molecule has 6 heteroatoms. The first-order valence-electron chi connectivity index (χ1n) is 4.38. The minimum absolute atomic E-state index is 0.0185. The zero-order valence-corrected chi connectivity index (χ0v) is 9.53. The van der Waals surface area contributed by atoms with Gasteiger partial charge < -0.3 is 5.73 Å². The first kappa shape index (κ1) is 11.0. The van der Waals surface area contributed by atoms with Crippen molar-refractivity contribution in [2.24, 2.45) is 0 Å². The van der Waals surface area contributed by atoms with Gasteiger partial charge in [-0.3, -0.25) is 4.57 Å². The van der Waals surface area contributed by atoms with E-state index in [2.05, 4.69) is 4.98 Å². The van der Waals surface area contributed by atoms with Crippen molar-refractivity contribution in [3.63, 3.8) is 0 Å². The van der Waals surface area contributed by atoms with Gasteiger partial charge in [0.2, 0.25) is 0 Å². The van der Waals surface area contributed by atoms with Gasteiger partial charge >= 0.3 is 5.69 Å². The van der Waals surface area contributed by atoms with Crippen LogP contribution in [-0.4, -0.2) is 9.55 Å². The lowest BCUT2D eigenvalue weighted by Gasteiger charge is -2.06. The molecule has 2 N–H and O–H groups in total. The fourth-order valence-corrected chi connectivity index (χ4v) is 1.58. The number of nitrogen functional groups attached to an aromatic ring is 1. The Morgan fingerprint density at radius 2 is 2.06 bits per heavy atom. The highest BCUT2D eigenvalue weighted by atomic mass is 35.5. The number of nitrogens with two attached hydrogens (primary N) is 1. The van der Waals surface area contributed by atoms with Crippen molar-refractivity contribution in [1.82, 2.24) is 9.55 Å². The van der Waals surface area contributed by atoms with E-state index in [-0.39, 0.29) is 10.8 Å². The highest BCUT2D eigenvalue weighted by molar-refractivity contribution is 6.32. The highest BCUT2D eigenvalue weighted by Gasteiger charge is 2.05. The maximum atomic E-state index is 11.6. The molecule has 0 aliphatic carbocycles. The van der Waals surface area contributed by atoms with Crippen LogP contribution < -0.4 is 11.4 Å². The summed E-state index contributed by atoms with van der Waals surface area (Å²) in [5.41, 5.74) is 5.51. The summed E-state index contributed by atoms with van der Waals surface area (Å²) in [5, 5.41) is 0.747. The van der Waals surface area contributed by atoms with E-state index in [4.69, 9.17) is 28.9 Å². The third-order valence-electron chi connectivity index (χ3n) is 2.00. The van der Waals surface area contributed by atoms with Gasteiger partial charge in [-0.1, -0.05) is 29.3 Å². The topological polar surface area (TPSA) is 60.9 Å². The molecule has 0 aliphatic rings. The largest absolute Gasteiger partial charge is 0.382 e. The van der Waals surface area contributed by atoms with E-state index in [1.165, 1.54) is 10.8 Å². The predicted octanol–water partition coefficient (Wildman–Crippen LogP) is 2.12. The van der Waals surface area contributed by atoms with E-state index in [9.17, 15) is 4.79 Å². The minimum atomic E-state index is -0.496. The van der Waals surface area contributed by atoms with E-state index >= 15 is 0 Å². The van der Waals surface area contributed by atoms with Crippen LogP contribution in [-0.2, 0) is 0 Å². The third kappa shape index (κ3) is 2.03. The second kappa shape index (κ2) is 4.15. The van der Waals surface area contributed by atoms with Crippen molar-refractivity contribution in [3.8, 4) is 5.69 Å². The molecule has 16 heavy (non-hydrogen) atoms. The van der Waals surface area contributed by atoms with Crippen LogP contribution in [0.4, 0.5) is 5.82 Å². The Morgan fingerprint density at radius 1 is 1.31 bits per heavy atom.